The summed E-state index contributed by atoms with van der Waals surface area (Å²) in [6.07, 6.45) is 1.65. The zero-order valence-electron chi connectivity index (χ0n) is 14.3. The highest BCUT2D eigenvalue weighted by Gasteiger charge is 2.27. The van der Waals surface area contributed by atoms with Crippen LogP contribution in [0.3, 0.4) is 0 Å². The van der Waals surface area contributed by atoms with Crippen molar-refractivity contribution in [2.24, 2.45) is 5.73 Å². The minimum absolute atomic E-state index is 0.0248. The Labute approximate surface area is 163 Å². The largest absolute Gasteiger partial charge is 0.479 e. The van der Waals surface area contributed by atoms with E-state index in [0.29, 0.717) is 10.6 Å². The van der Waals surface area contributed by atoms with Crippen molar-refractivity contribution in [3.05, 3.63) is 49.3 Å². The van der Waals surface area contributed by atoms with Crippen LogP contribution in [0.15, 0.2) is 18.2 Å². The molecule has 1 aromatic heterocycles. The number of non-ortho nitro benzene ring substituents is 1. The first-order valence-electron chi connectivity index (χ1n) is 8.13. The average Bonchev–Trinajstić information content (AvgIpc) is 3.16. The SMILES string of the molecule is C[C@H](Oc1ccc([N+](=O)[O-])cc1Cl)C(=O)Nc1sc2c(c1C(N)=O)CCC2. The Balaban J connectivity index is 1.74. The summed E-state index contributed by atoms with van der Waals surface area (Å²) >= 11 is 7.33. The van der Waals surface area contributed by atoms with E-state index in [2.05, 4.69) is 5.32 Å². The number of amides is 2. The van der Waals surface area contributed by atoms with Crippen LogP contribution in [0.5, 0.6) is 5.75 Å². The van der Waals surface area contributed by atoms with Crippen molar-refractivity contribution in [2.45, 2.75) is 32.3 Å². The van der Waals surface area contributed by atoms with E-state index < -0.39 is 22.8 Å². The fourth-order valence-corrected chi connectivity index (χ4v) is 4.43. The summed E-state index contributed by atoms with van der Waals surface area (Å²) in [7, 11) is 0. The Hall–Kier alpha value is -2.65. The van der Waals surface area contributed by atoms with E-state index in [4.69, 9.17) is 22.1 Å². The Morgan fingerprint density at radius 3 is 2.78 bits per heavy atom. The van der Waals surface area contributed by atoms with Gasteiger partial charge in [-0.15, -0.1) is 11.3 Å². The summed E-state index contributed by atoms with van der Waals surface area (Å²) < 4.78 is 5.51. The molecule has 142 valence electrons. The molecule has 0 saturated carbocycles. The average molecular weight is 410 g/mol. The summed E-state index contributed by atoms with van der Waals surface area (Å²) in [4.78, 5) is 35.5. The predicted molar refractivity (Wildman–Crippen MR) is 102 cm³/mol. The molecule has 3 rings (SSSR count). The number of halogens is 1. The third-order valence-corrected chi connectivity index (χ3v) is 5.71. The van der Waals surface area contributed by atoms with Crippen molar-refractivity contribution >= 4 is 45.4 Å². The van der Waals surface area contributed by atoms with Crippen molar-refractivity contribution in [3.8, 4) is 5.75 Å². The molecule has 3 N–H and O–H groups in total. The maximum atomic E-state index is 12.5. The van der Waals surface area contributed by atoms with Gasteiger partial charge in [0.1, 0.15) is 10.8 Å². The van der Waals surface area contributed by atoms with Crippen molar-refractivity contribution in [1.29, 1.82) is 0 Å². The molecule has 2 amide bonds. The molecule has 1 atom stereocenters. The van der Waals surface area contributed by atoms with Gasteiger partial charge < -0.3 is 15.8 Å². The van der Waals surface area contributed by atoms with Crippen LogP contribution in [0.4, 0.5) is 10.7 Å². The van der Waals surface area contributed by atoms with Crippen molar-refractivity contribution < 1.29 is 19.2 Å². The lowest BCUT2D eigenvalue weighted by atomic mass is 10.1. The second-order valence-electron chi connectivity index (χ2n) is 6.05. The lowest BCUT2D eigenvalue weighted by Crippen LogP contribution is -2.30. The maximum Gasteiger partial charge on any atom is 0.271 e. The van der Waals surface area contributed by atoms with E-state index in [-0.39, 0.29) is 16.5 Å². The molecule has 0 fully saturated rings. The molecule has 0 radical (unpaired) electrons. The molecule has 27 heavy (non-hydrogen) atoms. The molecule has 1 aliphatic carbocycles. The second-order valence-corrected chi connectivity index (χ2v) is 7.56. The smallest absolute Gasteiger partial charge is 0.271 e. The summed E-state index contributed by atoms with van der Waals surface area (Å²) in [5, 5.41) is 13.9. The zero-order chi connectivity index (χ0) is 19.7. The van der Waals surface area contributed by atoms with Crippen LogP contribution in [0.2, 0.25) is 5.02 Å². The maximum absolute atomic E-state index is 12.5. The molecule has 1 heterocycles. The van der Waals surface area contributed by atoms with Gasteiger partial charge in [0.2, 0.25) is 0 Å². The van der Waals surface area contributed by atoms with Crippen LogP contribution in [-0.4, -0.2) is 22.8 Å². The third kappa shape index (κ3) is 3.88. The highest BCUT2D eigenvalue weighted by atomic mass is 35.5. The Morgan fingerprint density at radius 1 is 1.41 bits per heavy atom. The van der Waals surface area contributed by atoms with Gasteiger partial charge in [-0.1, -0.05) is 11.6 Å². The molecular weight excluding hydrogens is 394 g/mol. The van der Waals surface area contributed by atoms with Crippen LogP contribution in [0, 0.1) is 10.1 Å². The molecular formula is C17H16ClN3O5S. The number of fused-ring (bicyclic) bond motifs is 1. The van der Waals surface area contributed by atoms with E-state index in [0.717, 1.165) is 35.8 Å². The number of nitro benzene ring substituents is 1. The van der Waals surface area contributed by atoms with Crippen LogP contribution in [0.1, 0.15) is 34.1 Å². The van der Waals surface area contributed by atoms with Crippen LogP contribution < -0.4 is 15.8 Å². The number of carbonyl (C=O) groups is 2. The van der Waals surface area contributed by atoms with E-state index in [1.807, 2.05) is 0 Å². The monoisotopic (exact) mass is 409 g/mol. The van der Waals surface area contributed by atoms with Crippen molar-refractivity contribution in [3.63, 3.8) is 0 Å². The summed E-state index contributed by atoms with van der Waals surface area (Å²) in [6.45, 7) is 1.51. The highest BCUT2D eigenvalue weighted by molar-refractivity contribution is 7.17. The second kappa shape index (κ2) is 7.53. The number of benzene rings is 1. The molecule has 0 spiro atoms. The van der Waals surface area contributed by atoms with Crippen molar-refractivity contribution in [1.82, 2.24) is 0 Å². The zero-order valence-corrected chi connectivity index (χ0v) is 15.9. The number of rotatable bonds is 6. The molecule has 0 saturated heterocycles. The fraction of sp³-hybridized carbons (Fsp3) is 0.294. The molecule has 0 unspecified atom stereocenters. The van der Waals surface area contributed by atoms with Gasteiger partial charge >= 0.3 is 0 Å². The van der Waals surface area contributed by atoms with E-state index in [1.165, 1.54) is 30.4 Å². The van der Waals surface area contributed by atoms with Gasteiger partial charge in [-0.2, -0.15) is 0 Å². The Bertz CT molecular complexity index is 943. The number of hydrogen-bond acceptors (Lipinski definition) is 6. The van der Waals surface area contributed by atoms with E-state index in [9.17, 15) is 19.7 Å². The topological polar surface area (TPSA) is 125 Å². The van der Waals surface area contributed by atoms with Crippen molar-refractivity contribution in [2.75, 3.05) is 5.32 Å². The van der Waals surface area contributed by atoms with Gasteiger partial charge in [0.15, 0.2) is 6.10 Å². The van der Waals surface area contributed by atoms with Gasteiger partial charge in [0.05, 0.1) is 15.5 Å². The molecule has 1 aromatic carbocycles. The number of nitrogens with zero attached hydrogens (tertiary/aromatic N) is 1. The summed E-state index contributed by atoms with van der Waals surface area (Å²) in [5.74, 6) is -0.905. The Kier molecular flexibility index (Phi) is 5.33. The number of nitrogens with two attached hydrogens (primary N) is 1. The first-order valence-corrected chi connectivity index (χ1v) is 9.33. The van der Waals surface area contributed by atoms with Crippen LogP contribution >= 0.6 is 22.9 Å². The first-order chi connectivity index (χ1) is 12.8. The van der Waals surface area contributed by atoms with Gasteiger partial charge in [-0.3, -0.25) is 19.7 Å². The molecule has 10 heteroatoms. The molecule has 0 aliphatic heterocycles. The first kappa shape index (κ1) is 19.1. The molecule has 2 aromatic rings. The van der Waals surface area contributed by atoms with Gasteiger partial charge in [-0.05, 0) is 37.8 Å². The lowest BCUT2D eigenvalue weighted by Gasteiger charge is -2.15. The number of anilines is 1. The van der Waals surface area contributed by atoms with Gasteiger partial charge in [-0.25, -0.2) is 0 Å². The minimum Gasteiger partial charge on any atom is -0.479 e. The number of nitrogens with one attached hydrogen (secondary N) is 1. The fourth-order valence-electron chi connectivity index (χ4n) is 2.91. The standard InChI is InChI=1S/C17H16ClN3O5S/c1-8(26-12-6-5-9(21(24)25)7-11(12)18)16(23)20-17-14(15(19)22)10-3-2-4-13(10)27-17/h5-8H,2-4H2,1H3,(H2,19,22)(H,20,23)/t8-/m0/s1. The number of aryl methyl sites for hydroxylation is 1. The number of nitro groups is 1. The lowest BCUT2D eigenvalue weighted by molar-refractivity contribution is -0.384. The van der Waals surface area contributed by atoms with Crippen LogP contribution in [-0.2, 0) is 17.6 Å². The third-order valence-electron chi connectivity index (χ3n) is 4.20. The normalized spacial score (nSPS) is 13.7. The number of thiophene rings is 1. The Morgan fingerprint density at radius 2 is 2.15 bits per heavy atom. The summed E-state index contributed by atoms with van der Waals surface area (Å²) in [5.41, 5.74) is 6.58. The number of primary amides is 1. The number of ether oxygens (including phenoxy) is 1. The number of carbonyl (C=O) groups excluding carboxylic acids is 2. The highest BCUT2D eigenvalue weighted by Crippen LogP contribution is 2.39. The molecule has 1 aliphatic rings. The van der Waals surface area contributed by atoms with Gasteiger partial charge in [0, 0.05) is 17.0 Å². The predicted octanol–water partition coefficient (Wildman–Crippen LogP) is 3.30. The van der Waals surface area contributed by atoms with Crippen LogP contribution in [0.25, 0.3) is 0 Å². The molecule has 0 bridgehead atoms. The van der Waals surface area contributed by atoms with E-state index in [1.54, 1.807) is 0 Å². The van der Waals surface area contributed by atoms with E-state index >= 15 is 0 Å². The quantitative estimate of drug-likeness (QED) is 0.559. The number of hydrogen-bond donors (Lipinski definition) is 2. The molecule has 8 nitrogen and oxygen atoms in total. The minimum atomic E-state index is -0.943. The summed E-state index contributed by atoms with van der Waals surface area (Å²) in [6, 6.07) is 3.72. The van der Waals surface area contributed by atoms with Gasteiger partial charge in [0.25, 0.3) is 17.5 Å².